The van der Waals surface area contributed by atoms with Crippen LogP contribution in [-0.2, 0) is 18.1 Å². The van der Waals surface area contributed by atoms with Crippen LogP contribution >= 0.6 is 7.82 Å². The van der Waals surface area contributed by atoms with E-state index < -0.39 is 7.82 Å². The molecule has 0 unspecified atom stereocenters. The van der Waals surface area contributed by atoms with E-state index in [4.69, 9.17) is 18.3 Å². The Hall–Kier alpha value is -1.85. The molecule has 0 saturated heterocycles. The largest absolute Gasteiger partial charge is 0.474 e. The van der Waals surface area contributed by atoms with E-state index in [-0.39, 0.29) is 19.8 Å². The molecule has 0 aromatic heterocycles. The van der Waals surface area contributed by atoms with Gasteiger partial charge in [-0.15, -0.1) is 0 Å². The summed E-state index contributed by atoms with van der Waals surface area (Å²) in [5.41, 5.74) is 1.87. The number of hydrogen-bond donors (Lipinski definition) is 0. The first-order chi connectivity index (χ1) is 12.2. The van der Waals surface area contributed by atoms with Crippen molar-refractivity contribution in [1.29, 1.82) is 0 Å². The van der Waals surface area contributed by atoms with Crippen LogP contribution in [0, 0.1) is 0 Å². The molecule has 0 spiro atoms. The summed E-state index contributed by atoms with van der Waals surface area (Å²) >= 11 is 0. The fourth-order valence-corrected chi connectivity index (χ4v) is 3.86. The molecular formula is C18H22NO5P. The smallest absolute Gasteiger partial charge is 0.453 e. The lowest BCUT2D eigenvalue weighted by atomic mass is 10.1. The fraction of sp³-hybridized carbons (Fsp3) is 0.333. The van der Waals surface area contributed by atoms with Crippen LogP contribution in [0.25, 0.3) is 0 Å². The molecule has 0 saturated carbocycles. The maximum absolute atomic E-state index is 12.4. The average Bonchev–Trinajstić information content (AvgIpc) is 2.61. The third-order valence-corrected chi connectivity index (χ3v) is 5.32. The van der Waals surface area contributed by atoms with E-state index in [0.717, 1.165) is 22.9 Å². The molecule has 0 amide bonds. The average molecular weight is 363 g/mol. The van der Waals surface area contributed by atoms with Crippen molar-refractivity contribution in [3.05, 3.63) is 48.5 Å². The van der Waals surface area contributed by atoms with Crippen molar-refractivity contribution in [2.24, 2.45) is 0 Å². The summed E-state index contributed by atoms with van der Waals surface area (Å²) in [5.74, 6) is 1.55. The minimum absolute atomic E-state index is 0.194. The Morgan fingerprint density at radius 3 is 1.92 bits per heavy atom. The van der Waals surface area contributed by atoms with Gasteiger partial charge >= 0.3 is 7.82 Å². The molecule has 1 aliphatic rings. The summed E-state index contributed by atoms with van der Waals surface area (Å²) in [6, 6.07) is 15.6. The fourth-order valence-electron chi connectivity index (χ4n) is 2.69. The number of fused-ring (bicyclic) bond motifs is 2. The van der Waals surface area contributed by atoms with Gasteiger partial charge in [0.1, 0.15) is 0 Å². The highest BCUT2D eigenvalue weighted by Crippen LogP contribution is 2.50. The molecular weight excluding hydrogens is 341 g/mol. The number of phosphoric acid groups is 1. The first-order valence-corrected chi connectivity index (χ1v) is 9.80. The lowest BCUT2D eigenvalue weighted by molar-refractivity contribution is 0.124. The summed E-state index contributed by atoms with van der Waals surface area (Å²) in [6.07, 6.45) is 0. The summed E-state index contributed by atoms with van der Waals surface area (Å²) in [4.78, 5) is 2.08. The lowest BCUT2D eigenvalue weighted by Gasteiger charge is -2.32. The zero-order valence-electron chi connectivity index (χ0n) is 14.4. The van der Waals surface area contributed by atoms with E-state index in [1.165, 1.54) is 0 Å². The van der Waals surface area contributed by atoms with Gasteiger partial charge in [0.15, 0.2) is 11.5 Å². The summed E-state index contributed by atoms with van der Waals surface area (Å²) in [6.45, 7) is 4.72. The van der Waals surface area contributed by atoms with Crippen LogP contribution in [0.5, 0.6) is 11.5 Å². The number of para-hydroxylation sites is 4. The second-order valence-electron chi connectivity index (χ2n) is 5.31. The highest BCUT2D eigenvalue weighted by molar-refractivity contribution is 7.48. The van der Waals surface area contributed by atoms with E-state index in [9.17, 15) is 4.57 Å². The Labute approximate surface area is 147 Å². The van der Waals surface area contributed by atoms with Crippen LogP contribution in [0.3, 0.4) is 0 Å². The lowest BCUT2D eigenvalue weighted by Crippen LogP contribution is -2.25. The third kappa shape index (κ3) is 4.05. The SMILES string of the molecule is CCOP(=O)(OCC)OCCN1c2ccccc2Oc2ccccc21. The van der Waals surface area contributed by atoms with Crippen LogP contribution in [-0.4, -0.2) is 26.4 Å². The van der Waals surface area contributed by atoms with Crippen LogP contribution in [0.2, 0.25) is 0 Å². The number of benzene rings is 2. The van der Waals surface area contributed by atoms with Crippen molar-refractivity contribution in [2.45, 2.75) is 13.8 Å². The van der Waals surface area contributed by atoms with Crippen molar-refractivity contribution in [3.63, 3.8) is 0 Å². The minimum atomic E-state index is -3.51. The molecule has 0 aliphatic carbocycles. The zero-order chi connectivity index (χ0) is 17.7. The Bertz CT molecular complexity index is 711. The summed E-state index contributed by atoms with van der Waals surface area (Å²) < 4.78 is 34.2. The molecule has 134 valence electrons. The number of rotatable bonds is 8. The molecule has 0 bridgehead atoms. The topological polar surface area (TPSA) is 57.2 Å². The molecule has 1 heterocycles. The molecule has 0 radical (unpaired) electrons. The van der Waals surface area contributed by atoms with E-state index in [2.05, 4.69) is 4.90 Å². The molecule has 0 fully saturated rings. The monoisotopic (exact) mass is 363 g/mol. The molecule has 3 rings (SSSR count). The molecule has 1 aliphatic heterocycles. The highest BCUT2D eigenvalue weighted by atomic mass is 31.2. The van der Waals surface area contributed by atoms with Gasteiger partial charge in [-0.1, -0.05) is 24.3 Å². The number of phosphoric ester groups is 1. The first kappa shape index (κ1) is 18.0. The van der Waals surface area contributed by atoms with Gasteiger partial charge in [0.2, 0.25) is 0 Å². The van der Waals surface area contributed by atoms with Crippen LogP contribution in [0.1, 0.15) is 13.8 Å². The number of hydrogen-bond acceptors (Lipinski definition) is 6. The minimum Gasteiger partial charge on any atom is -0.453 e. The zero-order valence-corrected chi connectivity index (χ0v) is 15.3. The molecule has 2 aromatic rings. The van der Waals surface area contributed by atoms with Crippen LogP contribution in [0.4, 0.5) is 11.4 Å². The number of anilines is 2. The van der Waals surface area contributed by atoms with Gasteiger partial charge in [0.05, 0.1) is 31.2 Å². The molecule has 0 N–H and O–H groups in total. The Balaban J connectivity index is 1.77. The summed E-state index contributed by atoms with van der Waals surface area (Å²) in [5, 5.41) is 0. The van der Waals surface area contributed by atoms with E-state index in [0.29, 0.717) is 6.54 Å². The first-order valence-electron chi connectivity index (χ1n) is 8.34. The standard InChI is InChI=1S/C18H22NO5P/c1-3-21-25(20,22-4-2)23-14-13-19-15-9-5-7-11-17(15)24-18-12-8-6-10-16(18)19/h5-12H,3-4,13-14H2,1-2H3. The van der Waals surface area contributed by atoms with Crippen LogP contribution < -0.4 is 9.64 Å². The van der Waals surface area contributed by atoms with Crippen molar-refractivity contribution < 1.29 is 22.9 Å². The normalized spacial score (nSPS) is 13.1. The van der Waals surface area contributed by atoms with Gasteiger partial charge in [-0.2, -0.15) is 0 Å². The van der Waals surface area contributed by atoms with Crippen molar-refractivity contribution in [3.8, 4) is 11.5 Å². The van der Waals surface area contributed by atoms with E-state index in [1.54, 1.807) is 13.8 Å². The second kappa shape index (κ2) is 8.02. The maximum atomic E-state index is 12.4. The Morgan fingerprint density at radius 1 is 0.880 bits per heavy atom. The highest BCUT2D eigenvalue weighted by Gasteiger charge is 2.28. The van der Waals surface area contributed by atoms with E-state index in [1.807, 2.05) is 48.5 Å². The van der Waals surface area contributed by atoms with Crippen molar-refractivity contribution in [1.82, 2.24) is 0 Å². The quantitative estimate of drug-likeness (QED) is 0.606. The maximum Gasteiger partial charge on any atom is 0.474 e. The van der Waals surface area contributed by atoms with Gasteiger partial charge in [0, 0.05) is 6.54 Å². The van der Waals surface area contributed by atoms with Gasteiger partial charge < -0.3 is 9.64 Å². The Kier molecular flexibility index (Phi) is 5.76. The summed E-state index contributed by atoms with van der Waals surface area (Å²) in [7, 11) is -3.51. The van der Waals surface area contributed by atoms with Gasteiger partial charge in [0.25, 0.3) is 0 Å². The van der Waals surface area contributed by atoms with Gasteiger partial charge in [-0.25, -0.2) is 4.57 Å². The number of nitrogens with zero attached hydrogens (tertiary/aromatic N) is 1. The third-order valence-electron chi connectivity index (χ3n) is 3.67. The van der Waals surface area contributed by atoms with Crippen molar-refractivity contribution >= 4 is 19.2 Å². The molecule has 0 atom stereocenters. The number of ether oxygens (including phenoxy) is 1. The van der Waals surface area contributed by atoms with E-state index >= 15 is 0 Å². The second-order valence-corrected chi connectivity index (χ2v) is 6.97. The predicted molar refractivity (Wildman–Crippen MR) is 96.8 cm³/mol. The van der Waals surface area contributed by atoms with Crippen molar-refractivity contribution in [2.75, 3.05) is 31.3 Å². The van der Waals surface area contributed by atoms with Crippen LogP contribution in [0.15, 0.2) is 48.5 Å². The van der Waals surface area contributed by atoms with Gasteiger partial charge in [-0.3, -0.25) is 13.6 Å². The molecule has 25 heavy (non-hydrogen) atoms. The molecule has 6 nitrogen and oxygen atoms in total. The van der Waals surface area contributed by atoms with Gasteiger partial charge in [-0.05, 0) is 38.1 Å². The molecule has 2 aromatic carbocycles. The Morgan fingerprint density at radius 2 is 1.40 bits per heavy atom. The molecule has 7 heteroatoms. The predicted octanol–water partition coefficient (Wildman–Crippen LogP) is 5.13.